The molecule has 3 heteroatoms. The summed E-state index contributed by atoms with van der Waals surface area (Å²) in [6, 6.07) is 10.8. The molecule has 110 valence electrons. The van der Waals surface area contributed by atoms with E-state index in [1.54, 1.807) is 0 Å². The van der Waals surface area contributed by atoms with Gasteiger partial charge in [0.1, 0.15) is 0 Å². The summed E-state index contributed by atoms with van der Waals surface area (Å²) in [5, 5.41) is 6.01. The van der Waals surface area contributed by atoms with Crippen molar-refractivity contribution in [2.24, 2.45) is 5.92 Å². The zero-order valence-corrected chi connectivity index (χ0v) is 12.4. The van der Waals surface area contributed by atoms with Crippen molar-refractivity contribution in [3.05, 3.63) is 35.9 Å². The van der Waals surface area contributed by atoms with Gasteiger partial charge in [-0.25, -0.2) is 0 Å². The van der Waals surface area contributed by atoms with Gasteiger partial charge in [-0.3, -0.25) is 4.79 Å². The van der Waals surface area contributed by atoms with Crippen molar-refractivity contribution in [3.63, 3.8) is 0 Å². The first-order chi connectivity index (χ1) is 9.79. The Morgan fingerprint density at radius 1 is 1.10 bits per heavy atom. The summed E-state index contributed by atoms with van der Waals surface area (Å²) in [6.07, 6.45) is 5.50. The fourth-order valence-corrected chi connectivity index (χ4v) is 3.09. The van der Waals surface area contributed by atoms with E-state index in [-0.39, 0.29) is 5.91 Å². The van der Waals surface area contributed by atoms with Crippen LogP contribution in [0.25, 0.3) is 0 Å². The molecular formula is C17H26N2O. The Morgan fingerprint density at radius 3 is 2.45 bits per heavy atom. The van der Waals surface area contributed by atoms with Crippen molar-refractivity contribution >= 4 is 5.91 Å². The van der Waals surface area contributed by atoms with Gasteiger partial charge in [-0.2, -0.15) is 0 Å². The minimum absolute atomic E-state index is 0.211. The van der Waals surface area contributed by atoms with Gasteiger partial charge < -0.3 is 10.6 Å². The third kappa shape index (κ3) is 4.64. The van der Waals surface area contributed by atoms with Crippen LogP contribution in [0.3, 0.4) is 0 Å². The molecule has 0 bridgehead atoms. The largest absolute Gasteiger partial charge is 0.355 e. The first-order valence-electron chi connectivity index (χ1n) is 7.76. The van der Waals surface area contributed by atoms with Gasteiger partial charge in [0.05, 0.1) is 0 Å². The number of rotatable bonds is 6. The van der Waals surface area contributed by atoms with Gasteiger partial charge in [0.2, 0.25) is 5.91 Å². The van der Waals surface area contributed by atoms with Crippen LogP contribution in [0.2, 0.25) is 0 Å². The van der Waals surface area contributed by atoms with E-state index in [9.17, 15) is 4.79 Å². The van der Waals surface area contributed by atoms with Crippen molar-refractivity contribution < 1.29 is 4.79 Å². The molecule has 1 aliphatic rings. The number of nitrogens with one attached hydrogen (secondary N) is 2. The molecule has 0 heterocycles. The maximum Gasteiger partial charge on any atom is 0.220 e. The average molecular weight is 274 g/mol. The third-order valence-corrected chi connectivity index (χ3v) is 4.29. The molecule has 0 atom stereocenters. The fourth-order valence-electron chi connectivity index (χ4n) is 3.09. The number of hydrogen-bond donors (Lipinski definition) is 2. The van der Waals surface area contributed by atoms with E-state index in [1.165, 1.54) is 31.2 Å². The summed E-state index contributed by atoms with van der Waals surface area (Å²) in [5.74, 6) is 1.48. The maximum atomic E-state index is 11.8. The molecule has 2 rings (SSSR count). The predicted molar refractivity (Wildman–Crippen MR) is 82.7 cm³/mol. The molecule has 1 aromatic rings. The molecule has 3 nitrogen and oxygen atoms in total. The van der Waals surface area contributed by atoms with Crippen molar-refractivity contribution in [2.45, 2.75) is 38.0 Å². The molecule has 0 aromatic heterocycles. The van der Waals surface area contributed by atoms with Gasteiger partial charge in [0, 0.05) is 19.5 Å². The standard InChI is InChI=1S/C17H26N2O/c1-18-11-12-19-17(20)13-14-7-9-16(10-8-14)15-5-3-2-4-6-15/h2-6,14,16,18H,7-13H2,1H3,(H,19,20). The van der Waals surface area contributed by atoms with Crippen LogP contribution in [-0.4, -0.2) is 26.0 Å². The summed E-state index contributed by atoms with van der Waals surface area (Å²) in [4.78, 5) is 11.8. The van der Waals surface area contributed by atoms with Crippen molar-refractivity contribution in [3.8, 4) is 0 Å². The third-order valence-electron chi connectivity index (χ3n) is 4.29. The lowest BCUT2D eigenvalue weighted by Crippen LogP contribution is -2.32. The second-order valence-electron chi connectivity index (χ2n) is 5.79. The number of carbonyl (C=O) groups is 1. The van der Waals surface area contributed by atoms with Crippen LogP contribution in [0.4, 0.5) is 0 Å². The first kappa shape index (κ1) is 15.0. The molecule has 0 spiro atoms. The van der Waals surface area contributed by atoms with E-state index in [1.807, 2.05) is 7.05 Å². The number of carbonyl (C=O) groups excluding carboxylic acids is 1. The van der Waals surface area contributed by atoms with E-state index < -0.39 is 0 Å². The summed E-state index contributed by atoms with van der Waals surface area (Å²) in [6.45, 7) is 1.57. The Kier molecular flexibility index (Phi) is 6.06. The lowest BCUT2D eigenvalue weighted by molar-refractivity contribution is -0.122. The van der Waals surface area contributed by atoms with Gasteiger partial charge in [-0.1, -0.05) is 30.3 Å². The molecule has 0 aliphatic heterocycles. The zero-order chi connectivity index (χ0) is 14.2. The molecule has 1 aromatic carbocycles. The van der Waals surface area contributed by atoms with E-state index in [4.69, 9.17) is 0 Å². The van der Waals surface area contributed by atoms with Crippen LogP contribution in [0.15, 0.2) is 30.3 Å². The Labute approximate surface area is 122 Å². The molecule has 0 unspecified atom stereocenters. The van der Waals surface area contributed by atoms with E-state index >= 15 is 0 Å². The smallest absolute Gasteiger partial charge is 0.220 e. The Balaban J connectivity index is 1.70. The summed E-state index contributed by atoms with van der Waals surface area (Å²) < 4.78 is 0. The molecule has 1 saturated carbocycles. The van der Waals surface area contributed by atoms with Crippen LogP contribution >= 0.6 is 0 Å². The summed E-state index contributed by atoms with van der Waals surface area (Å²) in [5.41, 5.74) is 1.46. The van der Waals surface area contributed by atoms with Gasteiger partial charge in [-0.15, -0.1) is 0 Å². The second kappa shape index (κ2) is 8.05. The minimum atomic E-state index is 0.211. The molecule has 2 N–H and O–H groups in total. The van der Waals surface area contributed by atoms with Crippen LogP contribution in [0.1, 0.15) is 43.6 Å². The highest BCUT2D eigenvalue weighted by atomic mass is 16.1. The number of amides is 1. The number of benzene rings is 1. The summed E-state index contributed by atoms with van der Waals surface area (Å²) >= 11 is 0. The molecule has 1 aliphatic carbocycles. The highest BCUT2D eigenvalue weighted by molar-refractivity contribution is 5.76. The minimum Gasteiger partial charge on any atom is -0.355 e. The topological polar surface area (TPSA) is 41.1 Å². The Bertz CT molecular complexity index is 397. The molecule has 0 radical (unpaired) electrons. The van der Waals surface area contributed by atoms with Crippen molar-refractivity contribution in [1.82, 2.24) is 10.6 Å². The van der Waals surface area contributed by atoms with Crippen LogP contribution in [-0.2, 0) is 4.79 Å². The molecule has 1 fully saturated rings. The quantitative estimate of drug-likeness (QED) is 0.783. The lowest BCUT2D eigenvalue weighted by Gasteiger charge is -2.28. The summed E-state index contributed by atoms with van der Waals surface area (Å²) in [7, 11) is 1.90. The Hall–Kier alpha value is -1.35. The zero-order valence-electron chi connectivity index (χ0n) is 12.4. The average Bonchev–Trinajstić information content (AvgIpc) is 2.49. The van der Waals surface area contributed by atoms with Gasteiger partial charge >= 0.3 is 0 Å². The monoisotopic (exact) mass is 274 g/mol. The number of likely N-dealkylation sites (N-methyl/N-ethyl adjacent to an activating group) is 1. The highest BCUT2D eigenvalue weighted by Gasteiger charge is 2.23. The van der Waals surface area contributed by atoms with Gasteiger partial charge in [-0.05, 0) is 50.1 Å². The molecule has 0 saturated heterocycles. The first-order valence-corrected chi connectivity index (χ1v) is 7.76. The van der Waals surface area contributed by atoms with Crippen LogP contribution < -0.4 is 10.6 Å². The van der Waals surface area contributed by atoms with E-state index in [0.29, 0.717) is 18.3 Å². The molecule has 20 heavy (non-hydrogen) atoms. The van der Waals surface area contributed by atoms with Crippen molar-refractivity contribution in [2.75, 3.05) is 20.1 Å². The second-order valence-corrected chi connectivity index (χ2v) is 5.79. The molecule has 1 amide bonds. The normalized spacial score (nSPS) is 22.4. The maximum absolute atomic E-state index is 11.8. The van der Waals surface area contributed by atoms with Gasteiger partial charge in [0.15, 0.2) is 0 Å². The molecular weight excluding hydrogens is 248 g/mol. The fraction of sp³-hybridized carbons (Fsp3) is 0.588. The van der Waals surface area contributed by atoms with Crippen molar-refractivity contribution in [1.29, 1.82) is 0 Å². The SMILES string of the molecule is CNCCNC(=O)CC1CCC(c2ccccc2)CC1. The highest BCUT2D eigenvalue weighted by Crippen LogP contribution is 2.36. The Morgan fingerprint density at radius 2 is 1.80 bits per heavy atom. The van der Waals surface area contributed by atoms with Gasteiger partial charge in [0.25, 0.3) is 0 Å². The number of hydrogen-bond acceptors (Lipinski definition) is 2. The van der Waals surface area contributed by atoms with E-state index in [0.717, 1.165) is 13.1 Å². The van der Waals surface area contributed by atoms with Crippen LogP contribution in [0, 0.1) is 5.92 Å². The van der Waals surface area contributed by atoms with Crippen LogP contribution in [0.5, 0.6) is 0 Å². The van der Waals surface area contributed by atoms with E-state index in [2.05, 4.69) is 41.0 Å². The lowest BCUT2D eigenvalue weighted by atomic mass is 9.77. The predicted octanol–water partition coefficient (Wildman–Crippen LogP) is 2.69.